The molecule has 0 aliphatic carbocycles. The maximum Gasteiger partial charge on any atom is 0.245 e. The first-order valence-electron chi connectivity index (χ1n) is 9.96. The molecule has 4 aromatic rings. The van der Waals surface area contributed by atoms with Crippen LogP contribution in [-0.2, 0) is 13.6 Å². The molecule has 4 rings (SSSR count). The van der Waals surface area contributed by atoms with Crippen LogP contribution in [-0.4, -0.2) is 36.5 Å². The molecule has 30 heavy (non-hydrogen) atoms. The van der Waals surface area contributed by atoms with Gasteiger partial charge < -0.3 is 14.6 Å². The van der Waals surface area contributed by atoms with E-state index < -0.39 is 0 Å². The van der Waals surface area contributed by atoms with Crippen molar-refractivity contribution in [3.63, 3.8) is 0 Å². The summed E-state index contributed by atoms with van der Waals surface area (Å²) in [4.78, 5) is 13.4. The Morgan fingerprint density at radius 3 is 2.77 bits per heavy atom. The highest BCUT2D eigenvalue weighted by molar-refractivity contribution is 6.00. The third-order valence-electron chi connectivity index (χ3n) is 4.75. The highest BCUT2D eigenvalue weighted by Gasteiger charge is 2.22. The van der Waals surface area contributed by atoms with Crippen LogP contribution in [0.15, 0.2) is 29.0 Å². The monoisotopic (exact) mass is 407 g/mol. The van der Waals surface area contributed by atoms with E-state index in [4.69, 9.17) is 19.3 Å². The van der Waals surface area contributed by atoms with E-state index in [1.165, 1.54) is 0 Å². The molecule has 0 aromatic carbocycles. The summed E-state index contributed by atoms with van der Waals surface area (Å²) >= 11 is 0. The number of hydrogen-bond acceptors (Lipinski definition) is 8. The molecule has 9 nitrogen and oxygen atoms in total. The minimum atomic E-state index is 0.220. The number of pyridine rings is 2. The second kappa shape index (κ2) is 8.10. The fraction of sp³-hybridized carbons (Fsp3) is 0.381. The van der Waals surface area contributed by atoms with Gasteiger partial charge in [-0.3, -0.25) is 4.68 Å². The minimum Gasteiger partial charge on any atom is -0.478 e. The molecule has 0 unspecified atom stereocenters. The lowest BCUT2D eigenvalue weighted by Gasteiger charge is -2.16. The number of aromatic nitrogens is 6. The number of hydrogen-bond donors (Lipinski definition) is 1. The molecule has 0 saturated carbocycles. The average molecular weight is 407 g/mol. The number of rotatable bonds is 7. The van der Waals surface area contributed by atoms with Crippen molar-refractivity contribution in [3.8, 4) is 17.0 Å². The van der Waals surface area contributed by atoms with Gasteiger partial charge in [-0.15, -0.1) is 0 Å². The van der Waals surface area contributed by atoms with Crippen molar-refractivity contribution in [1.29, 1.82) is 0 Å². The maximum absolute atomic E-state index is 5.78. The zero-order valence-electron chi connectivity index (χ0n) is 17.8. The van der Waals surface area contributed by atoms with E-state index >= 15 is 0 Å². The molecule has 0 radical (unpaired) electrons. The molecule has 1 N–H and O–H groups in total. The van der Waals surface area contributed by atoms with Crippen LogP contribution in [0.2, 0.25) is 0 Å². The summed E-state index contributed by atoms with van der Waals surface area (Å²) in [5.41, 5.74) is 4.39. The molecular weight excluding hydrogens is 382 g/mol. The summed E-state index contributed by atoms with van der Waals surface area (Å²) in [6.45, 7) is 8.88. The van der Waals surface area contributed by atoms with E-state index in [9.17, 15) is 0 Å². The van der Waals surface area contributed by atoms with Crippen molar-refractivity contribution < 1.29 is 9.26 Å². The van der Waals surface area contributed by atoms with Gasteiger partial charge in [0.05, 0.1) is 29.9 Å². The molecule has 0 bridgehead atoms. The Bertz CT molecular complexity index is 1180. The number of aryl methyl sites for hydroxylation is 2. The molecular formula is C21H25N7O2. The van der Waals surface area contributed by atoms with Crippen LogP contribution in [0.4, 0.5) is 5.69 Å². The van der Waals surface area contributed by atoms with Crippen molar-refractivity contribution >= 4 is 16.7 Å². The molecule has 156 valence electrons. The molecule has 4 aromatic heterocycles. The van der Waals surface area contributed by atoms with Crippen molar-refractivity contribution in [3.05, 3.63) is 41.9 Å². The maximum atomic E-state index is 5.78. The van der Waals surface area contributed by atoms with E-state index in [0.717, 1.165) is 33.5 Å². The Kier molecular flexibility index (Phi) is 5.35. The van der Waals surface area contributed by atoms with E-state index in [-0.39, 0.29) is 5.92 Å². The van der Waals surface area contributed by atoms with E-state index in [1.807, 2.05) is 37.0 Å². The largest absolute Gasteiger partial charge is 0.478 e. The number of fused-ring (bicyclic) bond motifs is 1. The fourth-order valence-corrected chi connectivity index (χ4v) is 3.46. The summed E-state index contributed by atoms with van der Waals surface area (Å²) in [6.07, 6.45) is 3.55. The zero-order valence-corrected chi connectivity index (χ0v) is 17.8. The third-order valence-corrected chi connectivity index (χ3v) is 4.75. The molecule has 0 aliphatic heterocycles. The number of nitrogens with one attached hydrogen (secondary N) is 1. The predicted molar refractivity (Wildman–Crippen MR) is 113 cm³/mol. The minimum absolute atomic E-state index is 0.220. The lowest BCUT2D eigenvalue weighted by atomic mass is 10.0. The number of anilines is 1. The summed E-state index contributed by atoms with van der Waals surface area (Å²) in [6, 6.07) is 3.87. The average Bonchev–Trinajstić information content (AvgIpc) is 3.30. The van der Waals surface area contributed by atoms with Gasteiger partial charge in [0.2, 0.25) is 11.8 Å². The molecule has 4 heterocycles. The van der Waals surface area contributed by atoms with Gasteiger partial charge in [0.25, 0.3) is 0 Å². The summed E-state index contributed by atoms with van der Waals surface area (Å²) in [7, 11) is 1.90. The number of ether oxygens (including phenoxy) is 1. The van der Waals surface area contributed by atoms with Crippen LogP contribution in [0.25, 0.3) is 22.2 Å². The Balaban J connectivity index is 1.92. The Hall–Kier alpha value is -3.49. The highest BCUT2D eigenvalue weighted by Crippen LogP contribution is 2.40. The topological polar surface area (TPSA) is 104 Å². The first-order valence-corrected chi connectivity index (χ1v) is 9.96. The summed E-state index contributed by atoms with van der Waals surface area (Å²) in [5, 5.41) is 13.0. The van der Waals surface area contributed by atoms with Gasteiger partial charge >= 0.3 is 0 Å². The first-order chi connectivity index (χ1) is 14.5. The van der Waals surface area contributed by atoms with E-state index in [1.54, 1.807) is 13.1 Å². The van der Waals surface area contributed by atoms with Gasteiger partial charge in [-0.05, 0) is 31.9 Å². The van der Waals surface area contributed by atoms with Crippen LogP contribution >= 0.6 is 0 Å². The van der Waals surface area contributed by atoms with Crippen molar-refractivity contribution in [2.24, 2.45) is 7.05 Å². The second-order valence-electron chi connectivity index (χ2n) is 7.29. The van der Waals surface area contributed by atoms with Crippen LogP contribution in [0.1, 0.15) is 44.1 Å². The highest BCUT2D eigenvalue weighted by atomic mass is 16.5. The van der Waals surface area contributed by atoms with Crippen molar-refractivity contribution in [2.45, 2.75) is 40.2 Å². The second-order valence-corrected chi connectivity index (χ2v) is 7.29. The van der Waals surface area contributed by atoms with Crippen LogP contribution in [0, 0.1) is 6.92 Å². The van der Waals surface area contributed by atoms with Crippen molar-refractivity contribution in [2.75, 3.05) is 11.9 Å². The molecule has 0 fully saturated rings. The van der Waals surface area contributed by atoms with E-state index in [0.29, 0.717) is 30.7 Å². The Labute approximate surface area is 174 Å². The molecule has 9 heteroatoms. The quantitative estimate of drug-likeness (QED) is 0.493. The van der Waals surface area contributed by atoms with Crippen LogP contribution < -0.4 is 10.1 Å². The van der Waals surface area contributed by atoms with Gasteiger partial charge in [-0.1, -0.05) is 19.0 Å². The summed E-state index contributed by atoms with van der Waals surface area (Å²) < 4.78 is 12.9. The van der Waals surface area contributed by atoms with Crippen LogP contribution in [0.3, 0.4) is 0 Å². The Morgan fingerprint density at radius 2 is 2.07 bits per heavy atom. The molecule has 0 spiro atoms. The van der Waals surface area contributed by atoms with Gasteiger partial charge in [-0.2, -0.15) is 10.1 Å². The smallest absolute Gasteiger partial charge is 0.245 e. The van der Waals surface area contributed by atoms with Gasteiger partial charge in [0, 0.05) is 30.6 Å². The first kappa shape index (κ1) is 19.8. The summed E-state index contributed by atoms with van der Waals surface area (Å²) in [5.74, 6) is 1.89. The lowest BCUT2D eigenvalue weighted by molar-refractivity contribution is 0.328. The van der Waals surface area contributed by atoms with Crippen molar-refractivity contribution in [1.82, 2.24) is 29.9 Å². The van der Waals surface area contributed by atoms with Crippen LogP contribution in [0.5, 0.6) is 5.88 Å². The molecule has 0 atom stereocenters. The van der Waals surface area contributed by atoms with Gasteiger partial charge in [0.15, 0.2) is 11.5 Å². The standard InChI is InChI=1S/C21H25N7O2/c1-6-29-21-14(8-7-9-22-21)15-10-24-20-17(18(12(2)3)26-28(20)5)19(15)23-11-16-25-13(4)27-30-16/h7-10,12H,6,11H2,1-5H3,(H,23,24). The van der Waals surface area contributed by atoms with Gasteiger partial charge in [-0.25, -0.2) is 9.97 Å². The fourth-order valence-electron chi connectivity index (χ4n) is 3.46. The lowest BCUT2D eigenvalue weighted by Crippen LogP contribution is -2.05. The molecule has 0 saturated heterocycles. The molecule has 0 amide bonds. The predicted octanol–water partition coefficient (Wildman–Crippen LogP) is 3.86. The van der Waals surface area contributed by atoms with Gasteiger partial charge in [0.1, 0.15) is 0 Å². The Morgan fingerprint density at radius 1 is 1.23 bits per heavy atom. The molecule has 0 aliphatic rings. The SMILES string of the molecule is CCOc1ncccc1-c1cnc2c(c(C(C)C)nn2C)c1NCc1nc(C)no1. The van der Waals surface area contributed by atoms with E-state index in [2.05, 4.69) is 34.3 Å². The number of nitrogens with zero attached hydrogens (tertiary/aromatic N) is 6. The normalized spacial score (nSPS) is 11.4. The zero-order chi connectivity index (χ0) is 21.3. The third kappa shape index (κ3) is 3.58.